The molecule has 3 aromatic rings. The molecule has 0 atom stereocenters. The third-order valence-corrected chi connectivity index (χ3v) is 3.52. The second kappa shape index (κ2) is 6.91. The van der Waals surface area contributed by atoms with Gasteiger partial charge in [-0.3, -0.25) is 0 Å². The Morgan fingerprint density at radius 2 is 1.75 bits per heavy atom. The third kappa shape index (κ3) is 3.76. The molecule has 2 aromatic carbocycles. The van der Waals surface area contributed by atoms with Crippen LogP contribution in [0.5, 0.6) is 5.75 Å². The lowest BCUT2D eigenvalue weighted by Crippen LogP contribution is -2.03. The van der Waals surface area contributed by atoms with Crippen molar-refractivity contribution in [3.05, 3.63) is 71.6 Å². The molecule has 0 fully saturated rings. The normalized spacial score (nSPS) is 11.0. The van der Waals surface area contributed by atoms with Gasteiger partial charge in [-0.05, 0) is 42.8 Å². The maximum atomic E-state index is 10.5. The van der Waals surface area contributed by atoms with E-state index in [0.29, 0.717) is 12.4 Å². The quantitative estimate of drug-likeness (QED) is 0.727. The summed E-state index contributed by atoms with van der Waals surface area (Å²) >= 11 is 0. The van der Waals surface area contributed by atoms with Crippen molar-refractivity contribution in [2.75, 3.05) is 0 Å². The molecule has 1 aromatic heterocycles. The van der Waals surface area contributed by atoms with E-state index in [4.69, 9.17) is 9.84 Å². The number of carboxylic acids is 1. The van der Waals surface area contributed by atoms with Gasteiger partial charge in [0.15, 0.2) is 0 Å². The van der Waals surface area contributed by atoms with E-state index in [1.165, 1.54) is 6.08 Å². The molecule has 0 saturated heterocycles. The van der Waals surface area contributed by atoms with Crippen LogP contribution in [-0.2, 0) is 11.4 Å². The van der Waals surface area contributed by atoms with Crippen molar-refractivity contribution in [3.8, 4) is 5.75 Å². The lowest BCUT2D eigenvalue weighted by molar-refractivity contribution is -0.131. The molecule has 5 heteroatoms. The standard InChI is InChI=1S/C19H16N2O3/c1-13-18(21-17-5-3-2-4-16(17)20-13)12-24-15-9-6-14(7-10-15)8-11-19(22)23/h2-11H,12H2,1H3,(H,22,23)/b11-8+. The van der Waals surface area contributed by atoms with E-state index in [1.807, 2.05) is 31.2 Å². The molecule has 0 saturated carbocycles. The molecule has 0 aliphatic carbocycles. The highest BCUT2D eigenvalue weighted by Gasteiger charge is 2.06. The Hall–Kier alpha value is -3.21. The zero-order valence-corrected chi connectivity index (χ0v) is 13.1. The molecule has 0 amide bonds. The molecule has 1 heterocycles. The predicted molar refractivity (Wildman–Crippen MR) is 91.7 cm³/mol. The minimum Gasteiger partial charge on any atom is -0.487 e. The van der Waals surface area contributed by atoms with E-state index in [2.05, 4.69) is 9.97 Å². The smallest absolute Gasteiger partial charge is 0.328 e. The topological polar surface area (TPSA) is 72.3 Å². The summed E-state index contributed by atoms with van der Waals surface area (Å²) in [4.78, 5) is 19.6. The minimum atomic E-state index is -0.972. The van der Waals surface area contributed by atoms with Crippen molar-refractivity contribution >= 4 is 23.1 Å². The zero-order valence-electron chi connectivity index (χ0n) is 13.1. The molecule has 0 unspecified atom stereocenters. The first-order valence-corrected chi connectivity index (χ1v) is 7.48. The molecule has 5 nitrogen and oxygen atoms in total. The number of nitrogens with zero attached hydrogens (tertiary/aromatic N) is 2. The van der Waals surface area contributed by atoms with Crippen molar-refractivity contribution < 1.29 is 14.6 Å². The number of aryl methyl sites for hydroxylation is 1. The van der Waals surface area contributed by atoms with Crippen molar-refractivity contribution in [2.24, 2.45) is 0 Å². The Bertz CT molecular complexity index is 902. The number of carbonyl (C=O) groups is 1. The van der Waals surface area contributed by atoms with Crippen molar-refractivity contribution in [1.29, 1.82) is 0 Å². The molecule has 1 N–H and O–H groups in total. The molecular weight excluding hydrogens is 304 g/mol. The number of rotatable bonds is 5. The zero-order chi connectivity index (χ0) is 16.9. The molecule has 24 heavy (non-hydrogen) atoms. The molecule has 3 rings (SSSR count). The van der Waals surface area contributed by atoms with E-state index in [0.717, 1.165) is 34.1 Å². The van der Waals surface area contributed by atoms with E-state index >= 15 is 0 Å². The second-order valence-electron chi connectivity index (χ2n) is 5.27. The van der Waals surface area contributed by atoms with Crippen LogP contribution in [0.2, 0.25) is 0 Å². The first kappa shape index (κ1) is 15.7. The van der Waals surface area contributed by atoms with Gasteiger partial charge in [0.2, 0.25) is 0 Å². The highest BCUT2D eigenvalue weighted by molar-refractivity contribution is 5.85. The molecule has 0 aliphatic heterocycles. The highest BCUT2D eigenvalue weighted by Crippen LogP contribution is 2.17. The van der Waals surface area contributed by atoms with Crippen LogP contribution in [0.3, 0.4) is 0 Å². The van der Waals surface area contributed by atoms with Gasteiger partial charge in [0.05, 0.1) is 22.4 Å². The van der Waals surface area contributed by atoms with Crippen molar-refractivity contribution in [1.82, 2.24) is 9.97 Å². The van der Waals surface area contributed by atoms with Gasteiger partial charge in [0.25, 0.3) is 0 Å². The van der Waals surface area contributed by atoms with Gasteiger partial charge in [0, 0.05) is 6.08 Å². The van der Waals surface area contributed by atoms with Crippen LogP contribution in [0.1, 0.15) is 17.0 Å². The summed E-state index contributed by atoms with van der Waals surface area (Å²) in [6.07, 6.45) is 2.63. The second-order valence-corrected chi connectivity index (χ2v) is 5.27. The maximum Gasteiger partial charge on any atom is 0.328 e. The van der Waals surface area contributed by atoms with Crippen LogP contribution < -0.4 is 4.74 Å². The molecule has 0 radical (unpaired) electrons. The lowest BCUT2D eigenvalue weighted by atomic mass is 10.2. The fourth-order valence-electron chi connectivity index (χ4n) is 2.26. The van der Waals surface area contributed by atoms with Crippen LogP contribution in [0, 0.1) is 6.92 Å². The summed E-state index contributed by atoms with van der Waals surface area (Å²) in [5, 5.41) is 8.62. The predicted octanol–water partition coefficient (Wildman–Crippen LogP) is 3.62. The summed E-state index contributed by atoms with van der Waals surface area (Å²) in [7, 11) is 0. The van der Waals surface area contributed by atoms with Gasteiger partial charge < -0.3 is 9.84 Å². The third-order valence-electron chi connectivity index (χ3n) is 3.52. The number of fused-ring (bicyclic) bond motifs is 1. The Kier molecular flexibility index (Phi) is 4.52. The number of hydrogen-bond acceptors (Lipinski definition) is 4. The van der Waals surface area contributed by atoms with Crippen LogP contribution in [0.4, 0.5) is 0 Å². The number of aromatic nitrogens is 2. The van der Waals surface area contributed by atoms with Gasteiger partial charge in [-0.25, -0.2) is 14.8 Å². The van der Waals surface area contributed by atoms with Gasteiger partial charge >= 0.3 is 5.97 Å². The van der Waals surface area contributed by atoms with Crippen LogP contribution in [-0.4, -0.2) is 21.0 Å². The summed E-state index contributed by atoms with van der Waals surface area (Å²) in [5.74, 6) is -0.280. The molecule has 0 bridgehead atoms. The molecule has 0 aliphatic rings. The lowest BCUT2D eigenvalue weighted by Gasteiger charge is -2.09. The summed E-state index contributed by atoms with van der Waals surface area (Å²) in [5.41, 5.74) is 4.15. The van der Waals surface area contributed by atoms with Crippen molar-refractivity contribution in [3.63, 3.8) is 0 Å². The van der Waals surface area contributed by atoms with Gasteiger partial charge in [-0.2, -0.15) is 0 Å². The largest absolute Gasteiger partial charge is 0.487 e. The average molecular weight is 320 g/mol. The van der Waals surface area contributed by atoms with Crippen molar-refractivity contribution in [2.45, 2.75) is 13.5 Å². The average Bonchev–Trinajstić information content (AvgIpc) is 2.59. The Labute approximate surface area is 139 Å². The highest BCUT2D eigenvalue weighted by atomic mass is 16.5. The number of para-hydroxylation sites is 2. The monoisotopic (exact) mass is 320 g/mol. The SMILES string of the molecule is Cc1nc2ccccc2nc1COc1ccc(/C=C/C(=O)O)cc1. The number of hydrogen-bond donors (Lipinski definition) is 1. The number of ether oxygens (including phenoxy) is 1. The summed E-state index contributed by atoms with van der Waals surface area (Å²) < 4.78 is 5.76. The van der Waals surface area contributed by atoms with E-state index in [1.54, 1.807) is 24.3 Å². The maximum absolute atomic E-state index is 10.5. The first-order chi connectivity index (χ1) is 11.6. The fourth-order valence-corrected chi connectivity index (χ4v) is 2.26. The van der Waals surface area contributed by atoms with E-state index in [-0.39, 0.29) is 0 Å². The van der Waals surface area contributed by atoms with Gasteiger partial charge in [-0.15, -0.1) is 0 Å². The summed E-state index contributed by atoms with van der Waals surface area (Å²) in [6, 6.07) is 14.9. The number of carboxylic acid groups (broad SMARTS) is 1. The van der Waals surface area contributed by atoms with Gasteiger partial charge in [-0.1, -0.05) is 24.3 Å². The van der Waals surface area contributed by atoms with Crippen LogP contribution in [0.25, 0.3) is 17.1 Å². The van der Waals surface area contributed by atoms with E-state index in [9.17, 15) is 4.79 Å². The first-order valence-electron chi connectivity index (χ1n) is 7.48. The Morgan fingerprint density at radius 1 is 1.08 bits per heavy atom. The number of aliphatic carboxylic acids is 1. The molecular formula is C19H16N2O3. The number of benzene rings is 2. The van der Waals surface area contributed by atoms with Crippen LogP contribution >= 0.6 is 0 Å². The van der Waals surface area contributed by atoms with Crippen LogP contribution in [0.15, 0.2) is 54.6 Å². The molecule has 0 spiro atoms. The summed E-state index contributed by atoms with van der Waals surface area (Å²) in [6.45, 7) is 2.24. The van der Waals surface area contributed by atoms with Gasteiger partial charge in [0.1, 0.15) is 12.4 Å². The molecule has 120 valence electrons. The fraction of sp³-hybridized carbons (Fsp3) is 0.105. The Morgan fingerprint density at radius 3 is 2.42 bits per heavy atom. The Balaban J connectivity index is 1.71. The minimum absolute atomic E-state index is 0.327. The van der Waals surface area contributed by atoms with E-state index < -0.39 is 5.97 Å².